The summed E-state index contributed by atoms with van der Waals surface area (Å²) in [5.41, 5.74) is -3.70. The van der Waals surface area contributed by atoms with E-state index in [-0.39, 0.29) is 44.5 Å². The SMILES string of the molecule is CCCC[C@H]1N(C(=O)c2ncccc2C(F)(F)F)CCC[C@@]1(Oc1csc(C(F)(F)F)c1)C(=O)N1Cc2ccc(F)cc2C[C@H]1C(=O)O. The first-order valence-corrected chi connectivity index (χ1v) is 15.9. The summed E-state index contributed by atoms with van der Waals surface area (Å²) in [5.74, 6) is -4.58. The molecule has 1 fully saturated rings. The van der Waals surface area contributed by atoms with Crippen molar-refractivity contribution in [2.24, 2.45) is 0 Å². The molecule has 1 saturated heterocycles. The van der Waals surface area contributed by atoms with Gasteiger partial charge in [0, 0.05) is 43.6 Å². The number of aliphatic carboxylic acids is 1. The van der Waals surface area contributed by atoms with Gasteiger partial charge in [-0.1, -0.05) is 25.8 Å². The van der Waals surface area contributed by atoms with Crippen LogP contribution in [0.1, 0.15) is 71.1 Å². The van der Waals surface area contributed by atoms with Gasteiger partial charge in [-0.15, -0.1) is 11.3 Å². The van der Waals surface area contributed by atoms with Gasteiger partial charge < -0.3 is 19.6 Å². The molecule has 258 valence electrons. The van der Waals surface area contributed by atoms with Crippen molar-refractivity contribution in [3.8, 4) is 5.75 Å². The number of halogens is 7. The van der Waals surface area contributed by atoms with Crippen LogP contribution in [0, 0.1) is 5.82 Å². The number of thiophene rings is 1. The number of amides is 2. The maximum absolute atomic E-state index is 14.9. The third-order valence-electron chi connectivity index (χ3n) is 8.63. The molecule has 3 aromatic rings. The van der Waals surface area contributed by atoms with E-state index in [1.165, 1.54) is 6.07 Å². The quantitative estimate of drug-likeness (QED) is 0.255. The van der Waals surface area contributed by atoms with Gasteiger partial charge in [0.2, 0.25) is 5.60 Å². The average Bonchev–Trinajstić information content (AvgIpc) is 3.51. The molecule has 0 aliphatic carbocycles. The molecule has 2 aliphatic rings. The second-order valence-electron chi connectivity index (χ2n) is 11.7. The number of carbonyl (C=O) groups is 3. The van der Waals surface area contributed by atoms with E-state index in [2.05, 4.69) is 4.98 Å². The number of piperidine rings is 1. The fraction of sp³-hybridized carbons (Fsp3) is 0.438. The first-order valence-electron chi connectivity index (χ1n) is 15.1. The summed E-state index contributed by atoms with van der Waals surface area (Å²) in [6.07, 6.45) is -8.44. The van der Waals surface area contributed by atoms with Crippen LogP contribution in [0.15, 0.2) is 48.0 Å². The summed E-state index contributed by atoms with van der Waals surface area (Å²) in [6.45, 7) is 1.32. The zero-order valence-electron chi connectivity index (χ0n) is 25.4. The Bertz CT molecular complexity index is 1690. The minimum atomic E-state index is -4.96. The van der Waals surface area contributed by atoms with E-state index in [4.69, 9.17) is 4.74 Å². The van der Waals surface area contributed by atoms with E-state index in [1.54, 1.807) is 6.92 Å². The number of ether oxygens (including phenoxy) is 1. The number of aromatic nitrogens is 1. The molecule has 1 N–H and O–H groups in total. The average molecular weight is 702 g/mol. The predicted molar refractivity (Wildman–Crippen MR) is 158 cm³/mol. The minimum Gasteiger partial charge on any atom is -0.480 e. The Kier molecular flexibility index (Phi) is 9.77. The summed E-state index contributed by atoms with van der Waals surface area (Å²) in [4.78, 5) is 46.1. The van der Waals surface area contributed by atoms with Crippen LogP contribution in [0.2, 0.25) is 0 Å². The van der Waals surface area contributed by atoms with Gasteiger partial charge in [-0.25, -0.2) is 9.18 Å². The van der Waals surface area contributed by atoms with Crippen LogP contribution in [-0.4, -0.2) is 61.9 Å². The van der Waals surface area contributed by atoms with Crippen LogP contribution in [0.5, 0.6) is 5.75 Å². The van der Waals surface area contributed by atoms with Gasteiger partial charge in [0.05, 0.1) is 11.6 Å². The third kappa shape index (κ3) is 6.84. The summed E-state index contributed by atoms with van der Waals surface area (Å²) in [6, 6.07) is 3.17. The Hall–Kier alpha value is -4.21. The summed E-state index contributed by atoms with van der Waals surface area (Å²) >= 11 is 0.296. The van der Waals surface area contributed by atoms with Crippen molar-refractivity contribution < 1.29 is 55.0 Å². The maximum atomic E-state index is 14.9. The number of unbranched alkanes of at least 4 members (excludes halogenated alkanes) is 1. The van der Waals surface area contributed by atoms with E-state index in [1.807, 2.05) is 0 Å². The molecule has 0 spiro atoms. The van der Waals surface area contributed by atoms with Crippen LogP contribution < -0.4 is 4.74 Å². The van der Waals surface area contributed by atoms with Crippen molar-refractivity contribution in [1.29, 1.82) is 0 Å². The molecule has 0 unspecified atom stereocenters. The number of hydrogen-bond donors (Lipinski definition) is 1. The molecular formula is C32H30F7N3O5S. The number of fused-ring (bicyclic) bond motifs is 1. The molecule has 4 heterocycles. The lowest BCUT2D eigenvalue weighted by molar-refractivity contribution is -0.168. The standard InChI is InChI=1S/C32H30F7N3O5S/c1-2-3-7-24-30(47-21-15-25(48-17-21)32(37,38)39,10-5-12-41(24)27(43)26-22(31(34,35)36)6-4-11-40-26)29(46)42-16-18-8-9-20(33)13-19(18)14-23(42)28(44)45/h4,6,8-9,11,13,15,17,23-24H,2-3,5,7,10,12,14,16H2,1H3,(H,44,45)/t23-,24+,30-/m0/s1. The van der Waals surface area contributed by atoms with Gasteiger partial charge in [0.15, 0.2) is 0 Å². The highest BCUT2D eigenvalue weighted by molar-refractivity contribution is 7.10. The van der Waals surface area contributed by atoms with Crippen LogP contribution in [0.25, 0.3) is 0 Å². The number of likely N-dealkylation sites (tertiary alicyclic amines) is 1. The van der Waals surface area contributed by atoms with Crippen molar-refractivity contribution in [2.45, 2.75) is 82.0 Å². The first kappa shape index (κ1) is 35.1. The third-order valence-corrected chi connectivity index (χ3v) is 9.58. The highest BCUT2D eigenvalue weighted by atomic mass is 32.1. The molecule has 48 heavy (non-hydrogen) atoms. The topological polar surface area (TPSA) is 100 Å². The maximum Gasteiger partial charge on any atom is 0.425 e. The minimum absolute atomic E-state index is 0.0220. The van der Waals surface area contributed by atoms with E-state index < -0.39 is 69.8 Å². The molecule has 1 aromatic carbocycles. The van der Waals surface area contributed by atoms with E-state index in [0.717, 1.165) is 39.6 Å². The second kappa shape index (κ2) is 13.4. The normalized spacial score (nSPS) is 21.5. The number of hydrogen-bond acceptors (Lipinski definition) is 6. The Balaban J connectivity index is 1.66. The lowest BCUT2D eigenvalue weighted by atomic mass is 9.78. The molecule has 0 radical (unpaired) electrons. The first-order chi connectivity index (χ1) is 22.6. The molecule has 5 rings (SSSR count). The van der Waals surface area contributed by atoms with Gasteiger partial charge in [-0.05, 0) is 48.2 Å². The number of rotatable bonds is 8. The number of nitrogens with zero attached hydrogens (tertiary/aromatic N) is 3. The highest BCUT2D eigenvalue weighted by Crippen LogP contribution is 2.43. The molecule has 0 saturated carbocycles. The smallest absolute Gasteiger partial charge is 0.425 e. The lowest BCUT2D eigenvalue weighted by Crippen LogP contribution is -2.69. The molecular weight excluding hydrogens is 671 g/mol. The van der Waals surface area contributed by atoms with Gasteiger partial charge >= 0.3 is 18.3 Å². The zero-order chi connectivity index (χ0) is 35.0. The molecule has 3 atom stereocenters. The van der Waals surface area contributed by atoms with E-state index >= 15 is 0 Å². The number of carboxylic acid groups (broad SMARTS) is 1. The van der Waals surface area contributed by atoms with Crippen molar-refractivity contribution in [3.63, 3.8) is 0 Å². The number of carboxylic acids is 1. The summed E-state index contributed by atoms with van der Waals surface area (Å²) in [5, 5.41) is 11.2. The van der Waals surface area contributed by atoms with Gasteiger partial charge in [-0.2, -0.15) is 26.3 Å². The van der Waals surface area contributed by atoms with Crippen LogP contribution >= 0.6 is 11.3 Å². The van der Waals surface area contributed by atoms with Crippen LogP contribution in [0.3, 0.4) is 0 Å². The van der Waals surface area contributed by atoms with Crippen LogP contribution in [-0.2, 0) is 34.9 Å². The monoisotopic (exact) mass is 701 g/mol. The predicted octanol–water partition coefficient (Wildman–Crippen LogP) is 6.97. The summed E-state index contributed by atoms with van der Waals surface area (Å²) in [7, 11) is 0. The van der Waals surface area contributed by atoms with Crippen molar-refractivity contribution in [1.82, 2.24) is 14.8 Å². The molecule has 8 nitrogen and oxygen atoms in total. The number of benzene rings is 1. The number of carbonyl (C=O) groups excluding carboxylic acids is 2. The molecule has 2 aromatic heterocycles. The van der Waals surface area contributed by atoms with Gasteiger partial charge in [-0.3, -0.25) is 14.6 Å². The molecule has 2 amide bonds. The fourth-order valence-electron chi connectivity index (χ4n) is 6.43. The Morgan fingerprint density at radius 2 is 1.81 bits per heavy atom. The summed E-state index contributed by atoms with van der Waals surface area (Å²) < 4.78 is 103. The Morgan fingerprint density at radius 3 is 2.46 bits per heavy atom. The van der Waals surface area contributed by atoms with Crippen molar-refractivity contribution >= 4 is 29.1 Å². The molecule has 0 bridgehead atoms. The largest absolute Gasteiger partial charge is 0.480 e. The van der Waals surface area contributed by atoms with Gasteiger partial charge in [0.25, 0.3) is 11.8 Å². The highest BCUT2D eigenvalue weighted by Gasteiger charge is 2.57. The van der Waals surface area contributed by atoms with E-state index in [9.17, 15) is 50.2 Å². The van der Waals surface area contributed by atoms with Crippen molar-refractivity contribution in [3.05, 3.63) is 81.1 Å². The Labute approximate surface area is 274 Å². The Morgan fingerprint density at radius 1 is 1.06 bits per heavy atom. The second-order valence-corrected chi connectivity index (χ2v) is 12.6. The molecule has 16 heteroatoms. The number of pyridine rings is 1. The lowest BCUT2D eigenvalue weighted by Gasteiger charge is -2.51. The van der Waals surface area contributed by atoms with E-state index in [0.29, 0.717) is 47.4 Å². The molecule has 2 aliphatic heterocycles. The zero-order valence-corrected chi connectivity index (χ0v) is 26.2. The van der Waals surface area contributed by atoms with Crippen LogP contribution in [0.4, 0.5) is 30.7 Å². The van der Waals surface area contributed by atoms with Crippen molar-refractivity contribution in [2.75, 3.05) is 6.54 Å². The fourth-order valence-corrected chi connectivity index (χ4v) is 7.10. The number of alkyl halides is 6. The van der Waals surface area contributed by atoms with Gasteiger partial charge in [0.1, 0.15) is 28.2 Å².